The molecule has 0 amide bonds. The fourth-order valence-corrected chi connectivity index (χ4v) is 2.52. The van der Waals surface area contributed by atoms with E-state index >= 15 is 0 Å². The lowest BCUT2D eigenvalue weighted by atomic mass is 10.2. The zero-order chi connectivity index (χ0) is 14.5. The molecule has 2 aromatic heterocycles. The number of aromatic nitrogens is 2. The summed E-state index contributed by atoms with van der Waals surface area (Å²) in [6, 6.07) is 4.02. The van der Waals surface area contributed by atoms with Crippen LogP contribution in [0, 0.1) is 5.92 Å². The minimum absolute atomic E-state index is 0.575. The summed E-state index contributed by atoms with van der Waals surface area (Å²) in [4.78, 5) is 11.2. The van der Waals surface area contributed by atoms with Gasteiger partial charge in [0.1, 0.15) is 5.52 Å². The molecule has 0 aliphatic heterocycles. The summed E-state index contributed by atoms with van der Waals surface area (Å²) in [5.41, 5.74) is 2.96. The Kier molecular flexibility index (Phi) is 5.31. The van der Waals surface area contributed by atoms with Gasteiger partial charge in [-0.05, 0) is 34.0 Å². The van der Waals surface area contributed by atoms with Crippen molar-refractivity contribution in [2.24, 2.45) is 5.92 Å². The van der Waals surface area contributed by atoms with Gasteiger partial charge in [-0.1, -0.05) is 13.8 Å². The molecule has 0 aliphatic rings. The summed E-state index contributed by atoms with van der Waals surface area (Å²) in [6.45, 7) is 6.96. The van der Waals surface area contributed by atoms with E-state index in [-0.39, 0.29) is 0 Å². The number of halogens is 1. The van der Waals surface area contributed by atoms with Gasteiger partial charge in [-0.3, -0.25) is 9.97 Å². The third-order valence-corrected chi connectivity index (χ3v) is 3.45. The largest absolute Gasteiger partial charge is 0.383 e. The van der Waals surface area contributed by atoms with Gasteiger partial charge in [-0.15, -0.1) is 0 Å². The van der Waals surface area contributed by atoms with Crippen LogP contribution in [0.4, 0.5) is 5.69 Å². The Hall–Kier alpha value is -1.20. The van der Waals surface area contributed by atoms with Crippen LogP contribution < -0.4 is 4.90 Å². The first kappa shape index (κ1) is 15.2. The molecule has 0 aromatic carbocycles. The number of nitrogens with zero attached hydrogens (tertiary/aromatic N) is 3. The Morgan fingerprint density at radius 2 is 2.15 bits per heavy atom. The molecule has 2 aromatic rings. The zero-order valence-corrected chi connectivity index (χ0v) is 13.7. The van der Waals surface area contributed by atoms with Crippen molar-refractivity contribution in [3.8, 4) is 0 Å². The Bertz CT molecular complexity index is 574. The van der Waals surface area contributed by atoms with Crippen molar-refractivity contribution >= 4 is 32.7 Å². The van der Waals surface area contributed by atoms with E-state index < -0.39 is 0 Å². The molecule has 4 nitrogen and oxygen atoms in total. The second-order valence-electron chi connectivity index (χ2n) is 5.18. The molecule has 0 N–H and O–H groups in total. The van der Waals surface area contributed by atoms with Crippen LogP contribution in [0.15, 0.2) is 29.0 Å². The molecular weight excluding hydrogens is 318 g/mol. The Balaban J connectivity index is 2.41. The average Bonchev–Trinajstić information content (AvgIpc) is 2.42. The van der Waals surface area contributed by atoms with E-state index in [4.69, 9.17) is 4.74 Å². The predicted molar refractivity (Wildman–Crippen MR) is 86.2 cm³/mol. The summed E-state index contributed by atoms with van der Waals surface area (Å²) in [7, 11) is 1.73. The monoisotopic (exact) mass is 337 g/mol. The van der Waals surface area contributed by atoms with Crippen molar-refractivity contribution in [3.05, 3.63) is 29.0 Å². The summed E-state index contributed by atoms with van der Waals surface area (Å²) in [6.07, 6.45) is 3.66. The Morgan fingerprint density at radius 1 is 1.35 bits per heavy atom. The van der Waals surface area contributed by atoms with Gasteiger partial charge >= 0.3 is 0 Å². The minimum atomic E-state index is 0.575. The lowest BCUT2D eigenvalue weighted by molar-refractivity contribution is 0.204. The fourth-order valence-electron chi connectivity index (χ4n) is 2.20. The van der Waals surface area contributed by atoms with E-state index in [0.29, 0.717) is 12.5 Å². The molecule has 20 heavy (non-hydrogen) atoms. The number of fused-ring (bicyclic) bond motifs is 1. The maximum atomic E-state index is 5.22. The molecule has 5 heteroatoms. The number of pyridine rings is 2. The van der Waals surface area contributed by atoms with Gasteiger partial charge in [-0.25, -0.2) is 0 Å². The number of rotatable bonds is 6. The summed E-state index contributed by atoms with van der Waals surface area (Å²) in [5.74, 6) is 0.575. The van der Waals surface area contributed by atoms with Gasteiger partial charge in [0.15, 0.2) is 0 Å². The molecule has 0 spiro atoms. The van der Waals surface area contributed by atoms with E-state index in [2.05, 4.69) is 44.6 Å². The lowest BCUT2D eigenvalue weighted by Crippen LogP contribution is -2.31. The summed E-state index contributed by atoms with van der Waals surface area (Å²) in [5, 5.41) is 0. The molecule has 0 atom stereocenters. The smallest absolute Gasteiger partial charge is 0.112 e. The van der Waals surface area contributed by atoms with Crippen molar-refractivity contribution < 1.29 is 4.74 Å². The van der Waals surface area contributed by atoms with Crippen LogP contribution in [0.1, 0.15) is 13.8 Å². The number of hydrogen-bond acceptors (Lipinski definition) is 4. The van der Waals surface area contributed by atoms with E-state index in [9.17, 15) is 0 Å². The zero-order valence-electron chi connectivity index (χ0n) is 12.1. The van der Waals surface area contributed by atoms with Crippen molar-refractivity contribution in [2.45, 2.75) is 13.8 Å². The number of methoxy groups -OCH3 is 1. The molecule has 0 unspecified atom stereocenters. The molecule has 108 valence electrons. The first-order chi connectivity index (χ1) is 9.61. The highest BCUT2D eigenvalue weighted by atomic mass is 79.9. The standard InChI is InChI=1S/C15H20BrN3O/c1-11(2)10-19(6-7-20-3)14-4-5-17-13-8-12(16)9-18-15(13)14/h4-5,8-9,11H,6-7,10H2,1-3H3. The van der Waals surface area contributed by atoms with Gasteiger partial charge in [-0.2, -0.15) is 0 Å². The van der Waals surface area contributed by atoms with E-state index in [1.165, 1.54) is 0 Å². The number of hydrogen-bond donors (Lipinski definition) is 0. The van der Waals surface area contributed by atoms with Gasteiger partial charge in [0.05, 0.1) is 17.8 Å². The molecule has 0 fully saturated rings. The van der Waals surface area contributed by atoms with Crippen molar-refractivity contribution in [1.82, 2.24) is 9.97 Å². The molecular formula is C15H20BrN3O. The predicted octanol–water partition coefficient (Wildman–Crippen LogP) is 3.50. The third-order valence-electron chi connectivity index (χ3n) is 3.01. The van der Waals surface area contributed by atoms with Crippen LogP contribution in [-0.4, -0.2) is 36.8 Å². The highest BCUT2D eigenvalue weighted by Gasteiger charge is 2.13. The minimum Gasteiger partial charge on any atom is -0.383 e. The lowest BCUT2D eigenvalue weighted by Gasteiger charge is -2.27. The topological polar surface area (TPSA) is 38.2 Å². The van der Waals surface area contributed by atoms with Crippen LogP contribution >= 0.6 is 15.9 Å². The Morgan fingerprint density at radius 3 is 2.85 bits per heavy atom. The van der Waals surface area contributed by atoms with Gasteiger partial charge in [0, 0.05) is 37.1 Å². The van der Waals surface area contributed by atoms with E-state index in [1.807, 2.05) is 24.5 Å². The quantitative estimate of drug-likeness (QED) is 0.808. The molecule has 2 rings (SSSR count). The first-order valence-electron chi connectivity index (χ1n) is 6.76. The van der Waals surface area contributed by atoms with Crippen LogP contribution in [-0.2, 0) is 4.74 Å². The molecule has 0 saturated carbocycles. The third kappa shape index (κ3) is 3.67. The SMILES string of the molecule is COCCN(CC(C)C)c1ccnc2cc(Br)cnc12. The normalized spacial score (nSPS) is 11.2. The van der Waals surface area contributed by atoms with E-state index in [0.717, 1.165) is 34.3 Å². The van der Waals surface area contributed by atoms with Gasteiger partial charge < -0.3 is 9.64 Å². The van der Waals surface area contributed by atoms with Gasteiger partial charge in [0.25, 0.3) is 0 Å². The summed E-state index contributed by atoms with van der Waals surface area (Å²) >= 11 is 3.44. The molecule has 0 bridgehead atoms. The number of anilines is 1. The highest BCUT2D eigenvalue weighted by Crippen LogP contribution is 2.25. The van der Waals surface area contributed by atoms with E-state index in [1.54, 1.807) is 7.11 Å². The van der Waals surface area contributed by atoms with Crippen LogP contribution in [0.25, 0.3) is 11.0 Å². The molecule has 0 saturated heterocycles. The second kappa shape index (κ2) is 6.99. The van der Waals surface area contributed by atoms with Crippen molar-refractivity contribution in [3.63, 3.8) is 0 Å². The Labute approximate surface area is 128 Å². The molecule has 0 radical (unpaired) electrons. The maximum Gasteiger partial charge on any atom is 0.112 e. The maximum absolute atomic E-state index is 5.22. The van der Waals surface area contributed by atoms with Gasteiger partial charge in [0.2, 0.25) is 0 Å². The van der Waals surface area contributed by atoms with Crippen LogP contribution in [0.2, 0.25) is 0 Å². The fraction of sp³-hybridized carbons (Fsp3) is 0.467. The van der Waals surface area contributed by atoms with Crippen molar-refractivity contribution in [2.75, 3.05) is 31.7 Å². The van der Waals surface area contributed by atoms with Crippen LogP contribution in [0.5, 0.6) is 0 Å². The molecule has 2 heterocycles. The number of ether oxygens (including phenoxy) is 1. The highest BCUT2D eigenvalue weighted by molar-refractivity contribution is 9.10. The molecule has 0 aliphatic carbocycles. The average molecular weight is 338 g/mol. The first-order valence-corrected chi connectivity index (χ1v) is 7.55. The van der Waals surface area contributed by atoms with Crippen molar-refractivity contribution in [1.29, 1.82) is 0 Å². The second-order valence-corrected chi connectivity index (χ2v) is 6.10. The van der Waals surface area contributed by atoms with Crippen LogP contribution in [0.3, 0.4) is 0 Å². The summed E-state index contributed by atoms with van der Waals surface area (Å²) < 4.78 is 6.17.